The van der Waals surface area contributed by atoms with Gasteiger partial charge in [0.15, 0.2) is 0 Å². The molecule has 2 aromatic carbocycles. The van der Waals surface area contributed by atoms with Crippen LogP contribution in [0.15, 0.2) is 66.9 Å². The van der Waals surface area contributed by atoms with Crippen molar-refractivity contribution >= 4 is 5.69 Å². The molecule has 1 N–H and O–H groups in total. The molecule has 3 aromatic rings. The number of anilines is 1. The highest BCUT2D eigenvalue weighted by Crippen LogP contribution is 2.37. The molecule has 3 nitrogen and oxygen atoms in total. The summed E-state index contributed by atoms with van der Waals surface area (Å²) < 4.78 is 42.8. The van der Waals surface area contributed by atoms with E-state index in [1.165, 1.54) is 12.1 Å². The molecule has 0 radical (unpaired) electrons. The standard InChI is InChI=1S/C18H13F3N2O/c19-18(20,21)24-13-9-7-12(8-10-13)17-16-6-3-11-23(16)15-5-2-1-4-14(15)22-17/h1-11,17,22H. The molecule has 0 fully saturated rings. The molecule has 1 aliphatic heterocycles. The molecular formula is C18H13F3N2O. The Morgan fingerprint density at radius 1 is 0.917 bits per heavy atom. The summed E-state index contributed by atoms with van der Waals surface area (Å²) >= 11 is 0. The van der Waals surface area contributed by atoms with Crippen molar-refractivity contribution in [1.82, 2.24) is 4.57 Å². The molecule has 0 saturated carbocycles. The van der Waals surface area contributed by atoms with Crippen molar-refractivity contribution < 1.29 is 17.9 Å². The summed E-state index contributed by atoms with van der Waals surface area (Å²) in [6.07, 6.45) is -2.71. The number of aromatic nitrogens is 1. The van der Waals surface area contributed by atoms with E-state index < -0.39 is 6.36 Å². The Balaban J connectivity index is 1.69. The lowest BCUT2D eigenvalue weighted by Crippen LogP contribution is -2.22. The molecule has 2 heterocycles. The second kappa shape index (κ2) is 5.33. The molecular weight excluding hydrogens is 317 g/mol. The summed E-state index contributed by atoms with van der Waals surface area (Å²) in [5.41, 5.74) is 3.91. The summed E-state index contributed by atoms with van der Waals surface area (Å²) in [6.45, 7) is 0. The average Bonchev–Trinajstić information content (AvgIpc) is 3.03. The molecule has 1 aromatic heterocycles. The van der Waals surface area contributed by atoms with Crippen molar-refractivity contribution in [2.45, 2.75) is 12.4 Å². The van der Waals surface area contributed by atoms with Gasteiger partial charge in [-0.1, -0.05) is 24.3 Å². The smallest absolute Gasteiger partial charge is 0.406 e. The van der Waals surface area contributed by atoms with Crippen molar-refractivity contribution in [1.29, 1.82) is 0 Å². The predicted octanol–water partition coefficient (Wildman–Crippen LogP) is 4.89. The first kappa shape index (κ1) is 14.7. The van der Waals surface area contributed by atoms with Crippen LogP contribution in [0.25, 0.3) is 5.69 Å². The van der Waals surface area contributed by atoms with E-state index in [-0.39, 0.29) is 11.8 Å². The van der Waals surface area contributed by atoms with Crippen LogP contribution in [0.1, 0.15) is 17.3 Å². The van der Waals surface area contributed by atoms with Crippen LogP contribution in [-0.4, -0.2) is 10.9 Å². The summed E-state index contributed by atoms with van der Waals surface area (Å²) in [4.78, 5) is 0. The molecule has 1 unspecified atom stereocenters. The minimum absolute atomic E-state index is 0.144. The number of hydrogen-bond donors (Lipinski definition) is 1. The first-order valence-corrected chi connectivity index (χ1v) is 7.40. The number of benzene rings is 2. The van der Waals surface area contributed by atoms with Gasteiger partial charge < -0.3 is 14.6 Å². The Hall–Kier alpha value is -2.89. The maximum absolute atomic E-state index is 12.3. The number of alkyl halides is 3. The Morgan fingerprint density at radius 2 is 1.67 bits per heavy atom. The van der Waals surface area contributed by atoms with Crippen LogP contribution in [0.3, 0.4) is 0 Å². The minimum atomic E-state index is -4.68. The van der Waals surface area contributed by atoms with Gasteiger partial charge in [0.1, 0.15) is 5.75 Å². The van der Waals surface area contributed by atoms with Crippen LogP contribution >= 0.6 is 0 Å². The van der Waals surface area contributed by atoms with E-state index in [4.69, 9.17) is 0 Å². The van der Waals surface area contributed by atoms with Gasteiger partial charge in [-0.05, 0) is 42.0 Å². The highest BCUT2D eigenvalue weighted by Gasteiger charge is 2.31. The minimum Gasteiger partial charge on any atom is -0.406 e. The lowest BCUT2D eigenvalue weighted by Gasteiger charge is -2.29. The molecule has 0 aliphatic carbocycles. The van der Waals surface area contributed by atoms with Crippen LogP contribution in [-0.2, 0) is 0 Å². The zero-order valence-corrected chi connectivity index (χ0v) is 12.4. The van der Waals surface area contributed by atoms with Crippen LogP contribution in [0.4, 0.5) is 18.9 Å². The normalized spacial score (nSPS) is 16.0. The number of ether oxygens (including phenoxy) is 1. The molecule has 6 heteroatoms. The number of nitrogens with one attached hydrogen (secondary N) is 1. The van der Waals surface area contributed by atoms with E-state index in [9.17, 15) is 13.2 Å². The highest BCUT2D eigenvalue weighted by atomic mass is 19.4. The summed E-state index contributed by atoms with van der Waals surface area (Å²) in [5, 5.41) is 3.44. The predicted molar refractivity (Wildman–Crippen MR) is 84.4 cm³/mol. The fourth-order valence-corrected chi connectivity index (χ4v) is 3.00. The van der Waals surface area contributed by atoms with Gasteiger partial charge in [-0.3, -0.25) is 0 Å². The third-order valence-electron chi connectivity index (χ3n) is 3.99. The number of nitrogens with zero attached hydrogens (tertiary/aromatic N) is 1. The van der Waals surface area contributed by atoms with Crippen molar-refractivity contribution in [3.05, 3.63) is 78.1 Å². The number of para-hydroxylation sites is 2. The lowest BCUT2D eigenvalue weighted by molar-refractivity contribution is -0.274. The summed E-state index contributed by atoms with van der Waals surface area (Å²) in [6, 6.07) is 17.7. The van der Waals surface area contributed by atoms with Gasteiger partial charge in [0.25, 0.3) is 0 Å². The molecule has 0 saturated heterocycles. The molecule has 1 aliphatic rings. The highest BCUT2D eigenvalue weighted by molar-refractivity contribution is 5.66. The monoisotopic (exact) mass is 330 g/mol. The molecule has 0 spiro atoms. The zero-order valence-electron chi connectivity index (χ0n) is 12.4. The summed E-state index contributed by atoms with van der Waals surface area (Å²) in [5.74, 6) is -0.224. The molecule has 0 amide bonds. The lowest BCUT2D eigenvalue weighted by atomic mass is 10.0. The fourth-order valence-electron chi connectivity index (χ4n) is 3.00. The topological polar surface area (TPSA) is 26.2 Å². The largest absolute Gasteiger partial charge is 0.573 e. The molecule has 1 atom stereocenters. The molecule has 0 bridgehead atoms. The quantitative estimate of drug-likeness (QED) is 0.724. The fraction of sp³-hybridized carbons (Fsp3) is 0.111. The SMILES string of the molecule is FC(F)(F)Oc1ccc(C2Nc3ccccc3-n3cccc32)cc1. The van der Waals surface area contributed by atoms with Crippen LogP contribution in [0.5, 0.6) is 5.75 Å². The summed E-state index contributed by atoms with van der Waals surface area (Å²) in [7, 11) is 0. The van der Waals surface area contributed by atoms with Crippen molar-refractivity contribution in [3.63, 3.8) is 0 Å². The Kier molecular flexibility index (Phi) is 3.26. The Labute approximate surface area is 136 Å². The van der Waals surface area contributed by atoms with E-state index in [0.29, 0.717) is 0 Å². The van der Waals surface area contributed by atoms with Gasteiger partial charge in [-0.2, -0.15) is 0 Å². The average molecular weight is 330 g/mol. The molecule has 4 rings (SSSR count). The zero-order chi connectivity index (χ0) is 16.7. The first-order valence-electron chi connectivity index (χ1n) is 7.40. The Morgan fingerprint density at radius 3 is 2.42 bits per heavy atom. The second-order valence-electron chi connectivity index (χ2n) is 5.51. The van der Waals surface area contributed by atoms with E-state index in [1.54, 1.807) is 12.1 Å². The van der Waals surface area contributed by atoms with Gasteiger partial charge in [0, 0.05) is 11.9 Å². The van der Waals surface area contributed by atoms with Gasteiger partial charge in [-0.15, -0.1) is 13.2 Å². The maximum Gasteiger partial charge on any atom is 0.573 e. The number of rotatable bonds is 2. The number of halogens is 3. The van der Waals surface area contributed by atoms with E-state index in [0.717, 1.165) is 22.6 Å². The first-order chi connectivity index (χ1) is 11.5. The van der Waals surface area contributed by atoms with Crippen molar-refractivity contribution in [2.24, 2.45) is 0 Å². The Bertz CT molecular complexity index is 868. The van der Waals surface area contributed by atoms with Gasteiger partial charge in [0.05, 0.1) is 17.4 Å². The van der Waals surface area contributed by atoms with E-state index in [1.807, 2.05) is 42.6 Å². The molecule has 24 heavy (non-hydrogen) atoms. The van der Waals surface area contributed by atoms with Crippen LogP contribution in [0, 0.1) is 0 Å². The second-order valence-corrected chi connectivity index (χ2v) is 5.51. The van der Waals surface area contributed by atoms with E-state index >= 15 is 0 Å². The van der Waals surface area contributed by atoms with E-state index in [2.05, 4.69) is 14.6 Å². The molecule has 122 valence electrons. The van der Waals surface area contributed by atoms with Crippen molar-refractivity contribution in [3.8, 4) is 11.4 Å². The number of fused-ring (bicyclic) bond motifs is 3. The number of hydrogen-bond acceptors (Lipinski definition) is 2. The van der Waals surface area contributed by atoms with Gasteiger partial charge >= 0.3 is 6.36 Å². The maximum atomic E-state index is 12.3. The van der Waals surface area contributed by atoms with Gasteiger partial charge in [-0.25, -0.2) is 0 Å². The third kappa shape index (κ3) is 2.60. The van der Waals surface area contributed by atoms with Gasteiger partial charge in [0.2, 0.25) is 0 Å². The van der Waals surface area contributed by atoms with Crippen LogP contribution in [0.2, 0.25) is 0 Å². The third-order valence-corrected chi connectivity index (χ3v) is 3.99. The van der Waals surface area contributed by atoms with Crippen LogP contribution < -0.4 is 10.1 Å². The van der Waals surface area contributed by atoms with Crippen molar-refractivity contribution in [2.75, 3.05) is 5.32 Å².